The van der Waals surface area contributed by atoms with Gasteiger partial charge in [-0.1, -0.05) is 18.6 Å². The highest BCUT2D eigenvalue weighted by Gasteiger charge is 2.04. The third-order valence-electron chi connectivity index (χ3n) is 2.77. The van der Waals surface area contributed by atoms with Crippen LogP contribution < -0.4 is 5.32 Å². The normalized spacial score (nSPS) is 10.7. The van der Waals surface area contributed by atoms with Crippen LogP contribution in [-0.4, -0.2) is 11.5 Å². The maximum absolute atomic E-state index is 4.42. The van der Waals surface area contributed by atoms with Gasteiger partial charge in [-0.25, -0.2) is 4.98 Å². The molecule has 2 heteroatoms. The number of benzene rings is 1. The molecule has 2 nitrogen and oxygen atoms in total. The van der Waals surface area contributed by atoms with E-state index in [2.05, 4.69) is 49.3 Å². The van der Waals surface area contributed by atoms with Gasteiger partial charge in [-0.05, 0) is 43.4 Å². The van der Waals surface area contributed by atoms with E-state index in [0.29, 0.717) is 0 Å². The zero-order chi connectivity index (χ0) is 11.5. The van der Waals surface area contributed by atoms with Crippen molar-refractivity contribution >= 4 is 16.6 Å². The number of pyridine rings is 1. The van der Waals surface area contributed by atoms with E-state index in [1.807, 2.05) is 6.20 Å². The van der Waals surface area contributed by atoms with Crippen molar-refractivity contribution in [3.8, 4) is 0 Å². The molecule has 0 saturated heterocycles. The van der Waals surface area contributed by atoms with Gasteiger partial charge in [0.1, 0.15) is 5.82 Å². The lowest BCUT2D eigenvalue weighted by atomic mass is 10.0. The molecule has 1 aromatic heterocycles. The molecule has 2 rings (SSSR count). The Balaban J connectivity index is 2.57. The summed E-state index contributed by atoms with van der Waals surface area (Å²) in [4.78, 5) is 4.42. The highest BCUT2D eigenvalue weighted by molar-refractivity contribution is 5.94. The Morgan fingerprint density at radius 3 is 2.75 bits per heavy atom. The predicted molar refractivity (Wildman–Crippen MR) is 70.0 cm³/mol. The van der Waals surface area contributed by atoms with Crippen LogP contribution in [0.15, 0.2) is 24.4 Å². The molecule has 2 aromatic rings. The molecule has 1 heterocycles. The fourth-order valence-corrected chi connectivity index (χ4v) is 2.04. The van der Waals surface area contributed by atoms with Crippen molar-refractivity contribution in [3.05, 3.63) is 35.5 Å². The van der Waals surface area contributed by atoms with E-state index < -0.39 is 0 Å². The monoisotopic (exact) mass is 214 g/mol. The summed E-state index contributed by atoms with van der Waals surface area (Å²) in [6.45, 7) is 7.41. The molecule has 0 bridgehead atoms. The lowest BCUT2D eigenvalue weighted by molar-refractivity contribution is 0.972. The van der Waals surface area contributed by atoms with E-state index >= 15 is 0 Å². The van der Waals surface area contributed by atoms with Crippen molar-refractivity contribution in [1.82, 2.24) is 4.98 Å². The minimum Gasteiger partial charge on any atom is -0.370 e. The fourth-order valence-electron chi connectivity index (χ4n) is 2.04. The first-order valence-electron chi connectivity index (χ1n) is 5.82. The maximum atomic E-state index is 4.42. The largest absolute Gasteiger partial charge is 0.370 e. The van der Waals surface area contributed by atoms with Gasteiger partial charge in [-0.2, -0.15) is 0 Å². The second-order valence-electron chi connectivity index (χ2n) is 4.26. The molecule has 1 aromatic carbocycles. The fraction of sp³-hybridized carbons (Fsp3) is 0.357. The summed E-state index contributed by atoms with van der Waals surface area (Å²) in [5.41, 5.74) is 2.61. The molecule has 0 spiro atoms. The molecule has 0 radical (unpaired) electrons. The molecule has 0 saturated carbocycles. The Kier molecular flexibility index (Phi) is 3.09. The molecule has 0 aliphatic heterocycles. The van der Waals surface area contributed by atoms with Crippen LogP contribution in [0.4, 0.5) is 5.82 Å². The molecule has 0 amide bonds. The standard InChI is InChI=1S/C14H18N2/c1-4-6-15-14-13-9-10(2)8-11(3)12(13)5-7-16-14/h5,7-9H,4,6H2,1-3H3,(H,15,16). The summed E-state index contributed by atoms with van der Waals surface area (Å²) in [6, 6.07) is 6.50. The average molecular weight is 214 g/mol. The molecule has 0 unspecified atom stereocenters. The minimum absolute atomic E-state index is 0.971. The van der Waals surface area contributed by atoms with E-state index in [1.165, 1.54) is 21.9 Å². The number of rotatable bonds is 3. The lowest BCUT2D eigenvalue weighted by Crippen LogP contribution is -2.02. The molecule has 84 valence electrons. The second-order valence-corrected chi connectivity index (χ2v) is 4.26. The number of anilines is 1. The molecule has 1 N–H and O–H groups in total. The van der Waals surface area contributed by atoms with Crippen molar-refractivity contribution in [1.29, 1.82) is 0 Å². The minimum atomic E-state index is 0.971. The average Bonchev–Trinajstić information content (AvgIpc) is 2.26. The topological polar surface area (TPSA) is 24.9 Å². The zero-order valence-corrected chi connectivity index (χ0v) is 10.2. The van der Waals surface area contributed by atoms with Gasteiger partial charge < -0.3 is 5.32 Å². The predicted octanol–water partition coefficient (Wildman–Crippen LogP) is 3.67. The van der Waals surface area contributed by atoms with Crippen LogP contribution in [0.3, 0.4) is 0 Å². The van der Waals surface area contributed by atoms with Gasteiger partial charge in [-0.3, -0.25) is 0 Å². The summed E-state index contributed by atoms with van der Waals surface area (Å²) in [6.07, 6.45) is 2.99. The van der Waals surface area contributed by atoms with E-state index in [4.69, 9.17) is 0 Å². The van der Waals surface area contributed by atoms with Gasteiger partial charge in [0.15, 0.2) is 0 Å². The van der Waals surface area contributed by atoms with Crippen LogP contribution >= 0.6 is 0 Å². The summed E-state index contributed by atoms with van der Waals surface area (Å²) in [5.74, 6) is 1.01. The Morgan fingerprint density at radius 2 is 2.00 bits per heavy atom. The Morgan fingerprint density at radius 1 is 1.19 bits per heavy atom. The molecule has 0 aliphatic carbocycles. The van der Waals surface area contributed by atoms with Crippen LogP contribution in [0.2, 0.25) is 0 Å². The smallest absolute Gasteiger partial charge is 0.133 e. The SMILES string of the molecule is CCCNc1nccc2c(C)cc(C)cc12. The Bertz CT molecular complexity index is 503. The highest BCUT2D eigenvalue weighted by Crippen LogP contribution is 2.25. The van der Waals surface area contributed by atoms with Crippen molar-refractivity contribution in [3.63, 3.8) is 0 Å². The molecule has 0 atom stereocenters. The summed E-state index contributed by atoms with van der Waals surface area (Å²) in [5, 5.41) is 5.90. The Hall–Kier alpha value is -1.57. The first kappa shape index (κ1) is 10.9. The summed E-state index contributed by atoms with van der Waals surface area (Å²) in [7, 11) is 0. The third-order valence-corrected chi connectivity index (χ3v) is 2.77. The van der Waals surface area contributed by atoms with Crippen molar-refractivity contribution < 1.29 is 0 Å². The van der Waals surface area contributed by atoms with Crippen LogP contribution in [0.1, 0.15) is 24.5 Å². The van der Waals surface area contributed by atoms with Crippen molar-refractivity contribution in [2.24, 2.45) is 0 Å². The Labute approximate surface area is 96.7 Å². The first-order chi connectivity index (χ1) is 7.72. The van der Waals surface area contributed by atoms with Gasteiger partial charge in [0, 0.05) is 18.1 Å². The van der Waals surface area contributed by atoms with Crippen LogP contribution in [0, 0.1) is 13.8 Å². The summed E-state index contributed by atoms with van der Waals surface area (Å²) >= 11 is 0. The molecular formula is C14H18N2. The van der Waals surface area contributed by atoms with Crippen LogP contribution in [-0.2, 0) is 0 Å². The van der Waals surface area contributed by atoms with Gasteiger partial charge in [0.25, 0.3) is 0 Å². The number of fused-ring (bicyclic) bond motifs is 1. The number of aryl methyl sites for hydroxylation is 2. The highest BCUT2D eigenvalue weighted by atomic mass is 15.0. The van der Waals surface area contributed by atoms with Crippen LogP contribution in [0.5, 0.6) is 0 Å². The van der Waals surface area contributed by atoms with Gasteiger partial charge in [0.2, 0.25) is 0 Å². The summed E-state index contributed by atoms with van der Waals surface area (Å²) < 4.78 is 0. The maximum Gasteiger partial charge on any atom is 0.133 e. The van der Waals surface area contributed by atoms with Gasteiger partial charge in [-0.15, -0.1) is 0 Å². The molecule has 0 fully saturated rings. The van der Waals surface area contributed by atoms with E-state index in [0.717, 1.165) is 18.8 Å². The van der Waals surface area contributed by atoms with Crippen molar-refractivity contribution in [2.45, 2.75) is 27.2 Å². The van der Waals surface area contributed by atoms with E-state index in [-0.39, 0.29) is 0 Å². The van der Waals surface area contributed by atoms with E-state index in [1.54, 1.807) is 0 Å². The van der Waals surface area contributed by atoms with Gasteiger partial charge >= 0.3 is 0 Å². The quantitative estimate of drug-likeness (QED) is 0.843. The molecule has 16 heavy (non-hydrogen) atoms. The van der Waals surface area contributed by atoms with Gasteiger partial charge in [0.05, 0.1) is 0 Å². The lowest BCUT2D eigenvalue weighted by Gasteiger charge is -2.10. The number of aromatic nitrogens is 1. The molecular weight excluding hydrogens is 196 g/mol. The van der Waals surface area contributed by atoms with Crippen molar-refractivity contribution in [2.75, 3.05) is 11.9 Å². The third kappa shape index (κ3) is 2.01. The van der Waals surface area contributed by atoms with E-state index in [9.17, 15) is 0 Å². The number of hydrogen-bond donors (Lipinski definition) is 1. The number of hydrogen-bond acceptors (Lipinski definition) is 2. The second kappa shape index (κ2) is 4.52. The number of nitrogens with zero attached hydrogens (tertiary/aromatic N) is 1. The number of nitrogens with one attached hydrogen (secondary N) is 1. The van der Waals surface area contributed by atoms with Crippen LogP contribution in [0.25, 0.3) is 10.8 Å². The zero-order valence-electron chi connectivity index (χ0n) is 10.2. The molecule has 0 aliphatic rings. The first-order valence-corrected chi connectivity index (χ1v) is 5.82.